The van der Waals surface area contributed by atoms with Gasteiger partial charge in [-0.1, -0.05) is 18.2 Å². The number of rotatable bonds is 8. The molecule has 1 atom stereocenters. The van der Waals surface area contributed by atoms with Gasteiger partial charge in [-0.15, -0.1) is 0 Å². The molecule has 220 valence electrons. The van der Waals surface area contributed by atoms with E-state index in [-0.39, 0.29) is 57.1 Å². The van der Waals surface area contributed by atoms with E-state index in [1.54, 1.807) is 24.3 Å². The van der Waals surface area contributed by atoms with Gasteiger partial charge < -0.3 is 23.8 Å². The average Bonchev–Trinajstić information content (AvgIpc) is 2.92. The number of likely N-dealkylation sites (tertiary alicyclic amines) is 1. The predicted octanol–water partition coefficient (Wildman–Crippen LogP) is 3.97. The van der Waals surface area contributed by atoms with Crippen molar-refractivity contribution in [3.63, 3.8) is 0 Å². The fraction of sp³-hybridized carbons (Fsp3) is 0.500. The maximum Gasteiger partial charge on any atom is 0.427 e. The maximum absolute atomic E-state index is 13.6. The van der Waals surface area contributed by atoms with Gasteiger partial charge in [-0.3, -0.25) is 0 Å². The molecule has 2 aromatic rings. The van der Waals surface area contributed by atoms with Crippen LogP contribution in [0, 0.1) is 5.82 Å². The summed E-state index contributed by atoms with van der Waals surface area (Å²) >= 11 is 0. The van der Waals surface area contributed by atoms with Gasteiger partial charge in [-0.2, -0.15) is 17.5 Å². The minimum Gasteiger partial charge on any atom is -0.497 e. The van der Waals surface area contributed by atoms with Gasteiger partial charge >= 0.3 is 12.3 Å². The molecule has 2 heterocycles. The van der Waals surface area contributed by atoms with E-state index in [2.05, 4.69) is 0 Å². The molecule has 14 heteroatoms. The van der Waals surface area contributed by atoms with Crippen LogP contribution in [0.5, 0.6) is 5.75 Å². The Bertz CT molecular complexity index is 1270. The molecule has 0 radical (unpaired) electrons. The molecule has 2 fully saturated rings. The topological polar surface area (TPSA) is 94.6 Å². The summed E-state index contributed by atoms with van der Waals surface area (Å²) < 4.78 is 103. The van der Waals surface area contributed by atoms with Crippen molar-refractivity contribution in [2.75, 3.05) is 46.5 Å². The number of halogens is 4. The minimum absolute atomic E-state index is 0.00394. The number of morpholine rings is 1. The minimum atomic E-state index is -4.84. The molecule has 0 saturated carbocycles. The zero-order chi connectivity index (χ0) is 29.0. The predicted molar refractivity (Wildman–Crippen MR) is 134 cm³/mol. The fourth-order valence-corrected chi connectivity index (χ4v) is 6.12. The first kappa shape index (κ1) is 30.0. The van der Waals surface area contributed by atoms with E-state index in [1.807, 2.05) is 0 Å². The summed E-state index contributed by atoms with van der Waals surface area (Å²) in [6, 6.07) is 11.3. The van der Waals surface area contributed by atoms with Crippen molar-refractivity contribution in [1.82, 2.24) is 9.21 Å². The van der Waals surface area contributed by atoms with Crippen LogP contribution in [0.15, 0.2) is 53.4 Å². The molecule has 0 aliphatic carbocycles. The highest BCUT2D eigenvalue weighted by Crippen LogP contribution is 2.33. The number of piperidine rings is 1. The van der Waals surface area contributed by atoms with E-state index < -0.39 is 46.4 Å². The number of alkyl halides is 3. The molecule has 0 unspecified atom stereocenters. The number of carbonyl (C=O) groups is 1. The molecule has 0 aromatic heterocycles. The number of ether oxygens (including phenoxy) is 4. The molecule has 9 nitrogen and oxygen atoms in total. The Morgan fingerprint density at radius 3 is 2.42 bits per heavy atom. The van der Waals surface area contributed by atoms with Gasteiger partial charge in [0.25, 0.3) is 0 Å². The summed E-state index contributed by atoms with van der Waals surface area (Å²) in [5.41, 5.74) is -0.310. The monoisotopic (exact) mass is 590 g/mol. The molecule has 2 aromatic carbocycles. The van der Waals surface area contributed by atoms with Crippen molar-refractivity contribution in [2.45, 2.75) is 42.2 Å². The van der Waals surface area contributed by atoms with Crippen molar-refractivity contribution in [3.05, 3.63) is 59.9 Å². The second-order valence-corrected chi connectivity index (χ2v) is 11.5. The van der Waals surface area contributed by atoms with Crippen LogP contribution in [0.4, 0.5) is 22.4 Å². The summed E-state index contributed by atoms with van der Waals surface area (Å²) in [7, 11) is -2.50. The van der Waals surface area contributed by atoms with Gasteiger partial charge in [0.15, 0.2) is 0 Å². The smallest absolute Gasteiger partial charge is 0.427 e. The highest BCUT2D eigenvalue weighted by Gasteiger charge is 2.47. The molecular formula is C26H30F4N2O7S. The van der Waals surface area contributed by atoms with E-state index in [4.69, 9.17) is 18.9 Å². The fourth-order valence-electron chi connectivity index (χ4n) is 4.59. The van der Waals surface area contributed by atoms with Crippen molar-refractivity contribution >= 4 is 16.1 Å². The van der Waals surface area contributed by atoms with Crippen LogP contribution in [0.25, 0.3) is 0 Å². The normalized spacial score (nSPS) is 18.9. The van der Waals surface area contributed by atoms with E-state index in [0.29, 0.717) is 11.3 Å². The number of nitrogens with zero attached hydrogens (tertiary/aromatic N) is 2. The Labute approximate surface area is 229 Å². The Morgan fingerprint density at radius 1 is 1.10 bits per heavy atom. The summed E-state index contributed by atoms with van der Waals surface area (Å²) in [6.45, 7) is -0.869. The number of hydrogen-bond donors (Lipinski definition) is 0. The van der Waals surface area contributed by atoms with Crippen LogP contribution >= 0.6 is 0 Å². The summed E-state index contributed by atoms with van der Waals surface area (Å²) in [6.07, 6.45) is -8.09. The quantitative estimate of drug-likeness (QED) is 0.430. The number of benzene rings is 2. The van der Waals surface area contributed by atoms with Gasteiger partial charge in [-0.25, -0.2) is 17.6 Å². The third-order valence-electron chi connectivity index (χ3n) is 6.89. The lowest BCUT2D eigenvalue weighted by atomic mass is 9.90. The molecule has 0 bridgehead atoms. The van der Waals surface area contributed by atoms with Gasteiger partial charge in [0, 0.05) is 26.2 Å². The number of amides is 1. The summed E-state index contributed by atoms with van der Waals surface area (Å²) in [5.74, 6) is -0.0899. The second-order valence-electron chi connectivity index (χ2n) is 9.59. The van der Waals surface area contributed by atoms with Crippen LogP contribution in [-0.4, -0.2) is 88.1 Å². The third-order valence-corrected chi connectivity index (χ3v) is 8.73. The molecular weight excluding hydrogens is 560 g/mol. The first-order valence-electron chi connectivity index (χ1n) is 12.5. The highest BCUT2D eigenvalue weighted by atomic mass is 32.2. The highest BCUT2D eigenvalue weighted by molar-refractivity contribution is 7.89. The molecule has 4 rings (SSSR count). The first-order chi connectivity index (χ1) is 18.9. The third kappa shape index (κ3) is 7.22. The average molecular weight is 591 g/mol. The van der Waals surface area contributed by atoms with Crippen LogP contribution < -0.4 is 4.74 Å². The SMILES string of the molecule is COc1ccc(COC[C@@H](OC(=O)N2CCC3(CC2)CN(S(=O)(=O)c2cccc(F)c2)CCO3)C(F)(F)F)cc1. The van der Waals surface area contributed by atoms with Crippen molar-refractivity contribution < 1.29 is 49.7 Å². The Kier molecular flexibility index (Phi) is 9.22. The number of sulfonamides is 1. The largest absolute Gasteiger partial charge is 0.497 e. The summed E-state index contributed by atoms with van der Waals surface area (Å²) in [4.78, 5) is 13.6. The molecule has 1 amide bonds. The first-order valence-corrected chi connectivity index (χ1v) is 14.0. The molecule has 2 aliphatic heterocycles. The summed E-state index contributed by atoms with van der Waals surface area (Å²) in [5, 5.41) is 0. The van der Waals surface area contributed by atoms with E-state index in [0.717, 1.165) is 17.0 Å². The zero-order valence-corrected chi connectivity index (χ0v) is 22.5. The van der Waals surface area contributed by atoms with Gasteiger partial charge in [0.1, 0.15) is 11.6 Å². The van der Waals surface area contributed by atoms with E-state index in [9.17, 15) is 30.8 Å². The lowest BCUT2D eigenvalue weighted by Crippen LogP contribution is -2.58. The Balaban J connectivity index is 1.31. The van der Waals surface area contributed by atoms with Crippen LogP contribution in [0.1, 0.15) is 18.4 Å². The van der Waals surface area contributed by atoms with Crippen molar-refractivity contribution in [1.29, 1.82) is 0 Å². The van der Waals surface area contributed by atoms with Crippen LogP contribution in [0.2, 0.25) is 0 Å². The van der Waals surface area contributed by atoms with Gasteiger partial charge in [0.2, 0.25) is 16.1 Å². The number of carbonyl (C=O) groups excluding carboxylic acids is 1. The maximum atomic E-state index is 13.6. The molecule has 2 saturated heterocycles. The van der Waals surface area contributed by atoms with Crippen molar-refractivity contribution in [3.8, 4) is 5.75 Å². The lowest BCUT2D eigenvalue weighted by Gasteiger charge is -2.46. The van der Waals surface area contributed by atoms with E-state index >= 15 is 0 Å². The van der Waals surface area contributed by atoms with E-state index in [1.165, 1.54) is 23.5 Å². The standard InChI is InChI=1S/C26H30F4N2O7S/c1-36-21-7-5-19(6-8-21)16-37-17-23(26(28,29)30)39-24(33)31-11-9-25(10-12-31)18-32(13-14-38-25)40(34,35)22-4-2-3-20(27)15-22/h2-8,15,23H,9-14,16-18H2,1H3/t23-/m1/s1. The Hall–Kier alpha value is -2.94. The zero-order valence-electron chi connectivity index (χ0n) is 21.7. The molecule has 2 aliphatic rings. The lowest BCUT2D eigenvalue weighted by molar-refractivity contribution is -0.220. The number of methoxy groups -OCH3 is 1. The Morgan fingerprint density at radius 2 is 1.80 bits per heavy atom. The van der Waals surface area contributed by atoms with Crippen LogP contribution in [-0.2, 0) is 30.8 Å². The number of hydrogen-bond acceptors (Lipinski definition) is 7. The van der Waals surface area contributed by atoms with Crippen molar-refractivity contribution in [2.24, 2.45) is 0 Å². The molecule has 1 spiro atoms. The molecule has 40 heavy (non-hydrogen) atoms. The van der Waals surface area contributed by atoms with Crippen LogP contribution in [0.3, 0.4) is 0 Å². The second kappa shape index (κ2) is 12.3. The van der Waals surface area contributed by atoms with Gasteiger partial charge in [-0.05, 0) is 48.7 Å². The van der Waals surface area contributed by atoms with Gasteiger partial charge in [0.05, 0.1) is 37.4 Å². The molecule has 0 N–H and O–H groups in total.